The van der Waals surface area contributed by atoms with Gasteiger partial charge in [-0.2, -0.15) is 0 Å². The van der Waals surface area contributed by atoms with E-state index >= 15 is 0 Å². The molecule has 4 rings (SSSR count). The van der Waals surface area contributed by atoms with Crippen LogP contribution >= 0.6 is 0 Å². The lowest BCUT2D eigenvalue weighted by Crippen LogP contribution is -1.90. The topological polar surface area (TPSA) is 30.2 Å². The second-order valence-corrected chi connectivity index (χ2v) is 4.09. The van der Waals surface area contributed by atoms with Gasteiger partial charge < -0.3 is 4.40 Å². The van der Waals surface area contributed by atoms with E-state index in [2.05, 4.69) is 44.7 Å². The highest BCUT2D eigenvalue weighted by Crippen LogP contribution is 2.23. The molecular weight excluding hydrogens is 210 g/mol. The zero-order chi connectivity index (χ0) is 11.2. The molecule has 80 valence electrons. The molecule has 0 saturated heterocycles. The minimum atomic E-state index is 0.967. The van der Waals surface area contributed by atoms with Crippen LogP contribution < -0.4 is 0 Å². The highest BCUT2D eigenvalue weighted by molar-refractivity contribution is 5.92. The van der Waals surface area contributed by atoms with E-state index in [1.807, 2.05) is 18.5 Å². The maximum absolute atomic E-state index is 4.44. The number of aromatic nitrogens is 3. The molecule has 0 N–H and O–H groups in total. The summed E-state index contributed by atoms with van der Waals surface area (Å²) in [6.45, 7) is 0. The van der Waals surface area contributed by atoms with E-state index < -0.39 is 0 Å². The van der Waals surface area contributed by atoms with Crippen LogP contribution in [0.2, 0.25) is 0 Å². The van der Waals surface area contributed by atoms with Crippen LogP contribution in [-0.4, -0.2) is 14.4 Å². The maximum Gasteiger partial charge on any atom is 0.0904 e. The first-order chi connectivity index (χ1) is 8.43. The SMILES string of the molecule is c1ccc2c(c1)cc1cnc3ccncc3n12. The first-order valence-corrected chi connectivity index (χ1v) is 5.52. The summed E-state index contributed by atoms with van der Waals surface area (Å²) in [4.78, 5) is 8.63. The standard InChI is InChI=1S/C14H9N3/c1-2-4-13-10(3-1)7-11-8-16-12-5-6-15-9-14(12)17(11)13/h1-9H. The zero-order valence-corrected chi connectivity index (χ0v) is 9.04. The van der Waals surface area contributed by atoms with Crippen LogP contribution in [-0.2, 0) is 0 Å². The number of pyridine rings is 1. The van der Waals surface area contributed by atoms with E-state index in [0.717, 1.165) is 16.6 Å². The molecule has 0 bridgehead atoms. The van der Waals surface area contributed by atoms with Gasteiger partial charge in [-0.15, -0.1) is 0 Å². The number of hydrogen-bond acceptors (Lipinski definition) is 2. The van der Waals surface area contributed by atoms with Gasteiger partial charge in [0.2, 0.25) is 0 Å². The van der Waals surface area contributed by atoms with Gasteiger partial charge in [0.25, 0.3) is 0 Å². The first kappa shape index (κ1) is 8.70. The van der Waals surface area contributed by atoms with Gasteiger partial charge in [0, 0.05) is 11.6 Å². The van der Waals surface area contributed by atoms with Crippen LogP contribution in [0.3, 0.4) is 0 Å². The van der Waals surface area contributed by atoms with Gasteiger partial charge in [0.15, 0.2) is 0 Å². The van der Waals surface area contributed by atoms with Crippen molar-refractivity contribution in [3.05, 3.63) is 55.0 Å². The Morgan fingerprint density at radius 2 is 1.88 bits per heavy atom. The van der Waals surface area contributed by atoms with E-state index in [9.17, 15) is 0 Å². The molecular formula is C14H9N3. The molecule has 0 spiro atoms. The molecule has 0 saturated carbocycles. The summed E-state index contributed by atoms with van der Waals surface area (Å²) >= 11 is 0. The van der Waals surface area contributed by atoms with Crippen LogP contribution in [0.1, 0.15) is 0 Å². The van der Waals surface area contributed by atoms with Crippen molar-refractivity contribution in [1.29, 1.82) is 0 Å². The van der Waals surface area contributed by atoms with Gasteiger partial charge in [-0.3, -0.25) is 9.97 Å². The predicted molar refractivity (Wildman–Crippen MR) is 68.0 cm³/mol. The third-order valence-electron chi connectivity index (χ3n) is 3.09. The molecule has 3 aromatic heterocycles. The summed E-state index contributed by atoms with van der Waals surface area (Å²) in [5.41, 5.74) is 4.31. The Balaban J connectivity index is 2.38. The van der Waals surface area contributed by atoms with Crippen LogP contribution in [0.5, 0.6) is 0 Å². The second kappa shape index (κ2) is 3.04. The summed E-state index contributed by atoms with van der Waals surface area (Å²) < 4.78 is 2.20. The highest BCUT2D eigenvalue weighted by atomic mass is 14.9. The summed E-state index contributed by atoms with van der Waals surface area (Å²) in [5.74, 6) is 0. The van der Waals surface area contributed by atoms with Crippen LogP contribution in [0.15, 0.2) is 55.0 Å². The number of nitrogens with zero attached hydrogens (tertiary/aromatic N) is 3. The Labute approximate surface area is 97.4 Å². The lowest BCUT2D eigenvalue weighted by Gasteiger charge is -2.02. The largest absolute Gasteiger partial charge is 0.305 e. The lowest BCUT2D eigenvalue weighted by molar-refractivity contribution is 1.23. The van der Waals surface area contributed by atoms with Crippen molar-refractivity contribution in [2.45, 2.75) is 0 Å². The van der Waals surface area contributed by atoms with Crippen molar-refractivity contribution in [3.63, 3.8) is 0 Å². The quantitative estimate of drug-likeness (QED) is 0.455. The molecule has 3 nitrogen and oxygen atoms in total. The molecule has 0 fully saturated rings. The van der Waals surface area contributed by atoms with Gasteiger partial charge in [0.1, 0.15) is 0 Å². The minimum absolute atomic E-state index is 0.967. The Morgan fingerprint density at radius 3 is 2.88 bits per heavy atom. The van der Waals surface area contributed by atoms with Gasteiger partial charge in [-0.1, -0.05) is 18.2 Å². The van der Waals surface area contributed by atoms with E-state index in [4.69, 9.17) is 0 Å². The van der Waals surface area contributed by atoms with E-state index in [-0.39, 0.29) is 0 Å². The van der Waals surface area contributed by atoms with Crippen molar-refractivity contribution in [2.75, 3.05) is 0 Å². The monoisotopic (exact) mass is 219 g/mol. The van der Waals surface area contributed by atoms with Crippen molar-refractivity contribution >= 4 is 27.5 Å². The number of para-hydroxylation sites is 1. The molecule has 0 aliphatic heterocycles. The highest BCUT2D eigenvalue weighted by Gasteiger charge is 2.05. The number of benzene rings is 1. The summed E-state index contributed by atoms with van der Waals surface area (Å²) in [6, 6.07) is 12.4. The van der Waals surface area contributed by atoms with E-state index in [1.165, 1.54) is 10.9 Å². The van der Waals surface area contributed by atoms with Gasteiger partial charge in [-0.25, -0.2) is 0 Å². The molecule has 0 aliphatic rings. The maximum atomic E-state index is 4.44. The average molecular weight is 219 g/mol. The Bertz CT molecular complexity index is 840. The fourth-order valence-electron chi connectivity index (χ4n) is 2.34. The number of rotatable bonds is 0. The smallest absolute Gasteiger partial charge is 0.0904 e. The van der Waals surface area contributed by atoms with Crippen LogP contribution in [0, 0.1) is 0 Å². The van der Waals surface area contributed by atoms with Crippen molar-refractivity contribution in [3.8, 4) is 0 Å². The van der Waals surface area contributed by atoms with Crippen molar-refractivity contribution in [2.24, 2.45) is 0 Å². The molecule has 1 aromatic carbocycles. The molecule has 0 radical (unpaired) electrons. The van der Waals surface area contributed by atoms with Crippen molar-refractivity contribution < 1.29 is 0 Å². The van der Waals surface area contributed by atoms with Gasteiger partial charge in [0.05, 0.1) is 34.5 Å². The molecule has 0 aliphatic carbocycles. The summed E-state index contributed by atoms with van der Waals surface area (Å²) in [7, 11) is 0. The third kappa shape index (κ3) is 1.11. The normalized spacial score (nSPS) is 11.5. The van der Waals surface area contributed by atoms with Crippen molar-refractivity contribution in [1.82, 2.24) is 14.4 Å². The van der Waals surface area contributed by atoms with Crippen LogP contribution in [0.25, 0.3) is 27.5 Å². The fraction of sp³-hybridized carbons (Fsp3) is 0. The molecule has 3 heteroatoms. The predicted octanol–water partition coefficient (Wildman–Crippen LogP) is 3.04. The second-order valence-electron chi connectivity index (χ2n) is 4.09. The number of hydrogen-bond donors (Lipinski definition) is 0. The Kier molecular flexibility index (Phi) is 1.56. The molecule has 0 unspecified atom stereocenters. The van der Waals surface area contributed by atoms with Gasteiger partial charge in [-0.05, 0) is 18.2 Å². The zero-order valence-electron chi connectivity index (χ0n) is 9.04. The Hall–Kier alpha value is -2.42. The molecule has 4 aromatic rings. The van der Waals surface area contributed by atoms with E-state index in [1.54, 1.807) is 6.20 Å². The lowest BCUT2D eigenvalue weighted by atomic mass is 10.2. The van der Waals surface area contributed by atoms with E-state index in [0.29, 0.717) is 0 Å². The third-order valence-corrected chi connectivity index (χ3v) is 3.09. The minimum Gasteiger partial charge on any atom is -0.305 e. The average Bonchev–Trinajstić information content (AvgIpc) is 2.77. The molecule has 17 heavy (non-hydrogen) atoms. The Morgan fingerprint density at radius 1 is 0.941 bits per heavy atom. The number of fused-ring (bicyclic) bond motifs is 5. The molecule has 0 atom stereocenters. The first-order valence-electron chi connectivity index (χ1n) is 5.52. The van der Waals surface area contributed by atoms with Gasteiger partial charge >= 0.3 is 0 Å². The summed E-state index contributed by atoms with van der Waals surface area (Å²) in [6.07, 6.45) is 5.54. The molecule has 3 heterocycles. The van der Waals surface area contributed by atoms with Crippen LogP contribution in [0.4, 0.5) is 0 Å². The summed E-state index contributed by atoms with van der Waals surface area (Å²) in [5, 5.41) is 1.23. The molecule has 0 amide bonds. The fourth-order valence-corrected chi connectivity index (χ4v) is 2.34.